The van der Waals surface area contributed by atoms with Gasteiger partial charge in [-0.3, -0.25) is 4.79 Å². The maximum absolute atomic E-state index is 12.7. The van der Waals surface area contributed by atoms with Crippen LogP contribution in [0.3, 0.4) is 0 Å². The van der Waals surface area contributed by atoms with E-state index in [0.29, 0.717) is 41.8 Å². The number of nitrogens with one attached hydrogen (secondary N) is 1. The second kappa shape index (κ2) is 8.37. The molecule has 0 fully saturated rings. The fourth-order valence-electron chi connectivity index (χ4n) is 3.00. The number of carbonyl (C=O) groups excluding carboxylic acids is 2. The van der Waals surface area contributed by atoms with Crippen molar-refractivity contribution < 1.29 is 28.2 Å². The van der Waals surface area contributed by atoms with E-state index in [1.807, 2.05) is 32.0 Å². The molecule has 7 nitrogen and oxygen atoms in total. The predicted molar refractivity (Wildman–Crippen MR) is 103 cm³/mol. The summed E-state index contributed by atoms with van der Waals surface area (Å²) in [6, 6.07) is 6.43. The second-order valence-corrected chi connectivity index (χ2v) is 6.89. The Morgan fingerprint density at radius 1 is 1.14 bits per heavy atom. The van der Waals surface area contributed by atoms with Gasteiger partial charge in [0, 0.05) is 5.56 Å². The molecule has 2 aromatic rings. The molecule has 1 aliphatic rings. The van der Waals surface area contributed by atoms with E-state index in [1.165, 1.54) is 0 Å². The Hall–Kier alpha value is -2.96. The molecule has 1 N–H and O–H groups in total. The van der Waals surface area contributed by atoms with Gasteiger partial charge >= 0.3 is 5.97 Å². The van der Waals surface area contributed by atoms with Gasteiger partial charge in [0.15, 0.2) is 11.5 Å². The SMILES string of the molecule is CCOC(=O)[C@@H](NC(=O)c1cc(-c2ccc3c(c2)OCCO3)oc1C)C(C)C. The van der Waals surface area contributed by atoms with Crippen molar-refractivity contribution in [3.05, 3.63) is 35.6 Å². The first-order chi connectivity index (χ1) is 13.4. The Labute approximate surface area is 164 Å². The van der Waals surface area contributed by atoms with Crippen LogP contribution in [0.1, 0.15) is 36.9 Å². The van der Waals surface area contributed by atoms with E-state index < -0.39 is 12.0 Å². The van der Waals surface area contributed by atoms with Crippen molar-refractivity contribution in [3.8, 4) is 22.8 Å². The standard InChI is InChI=1S/C21H25NO6/c1-5-25-21(24)19(12(2)3)22-20(23)15-11-17(28-13(15)4)14-6-7-16-18(10-14)27-9-8-26-16/h6-7,10-12,19H,5,8-9H2,1-4H3,(H,22,23)/t19-/m0/s1. The number of hydrogen-bond acceptors (Lipinski definition) is 6. The lowest BCUT2D eigenvalue weighted by molar-refractivity contribution is -0.146. The third-order valence-corrected chi connectivity index (χ3v) is 4.48. The smallest absolute Gasteiger partial charge is 0.328 e. The van der Waals surface area contributed by atoms with E-state index in [-0.39, 0.29) is 18.4 Å². The van der Waals surface area contributed by atoms with Gasteiger partial charge in [0.1, 0.15) is 30.8 Å². The Morgan fingerprint density at radius 2 is 1.86 bits per heavy atom. The molecule has 0 radical (unpaired) electrons. The molecule has 0 unspecified atom stereocenters. The Kier molecular flexibility index (Phi) is 5.92. The molecule has 0 bridgehead atoms. The van der Waals surface area contributed by atoms with Gasteiger partial charge in [0.05, 0.1) is 12.2 Å². The largest absolute Gasteiger partial charge is 0.486 e. The van der Waals surface area contributed by atoms with Gasteiger partial charge in [0.2, 0.25) is 0 Å². The summed E-state index contributed by atoms with van der Waals surface area (Å²) in [4.78, 5) is 24.9. The first-order valence-corrected chi connectivity index (χ1v) is 9.38. The van der Waals surface area contributed by atoms with Gasteiger partial charge in [-0.25, -0.2) is 4.79 Å². The second-order valence-electron chi connectivity index (χ2n) is 6.89. The van der Waals surface area contributed by atoms with Crippen LogP contribution in [0.15, 0.2) is 28.7 Å². The Bertz CT molecular complexity index is 870. The number of rotatable bonds is 6. The normalized spacial score (nSPS) is 13.9. The molecule has 1 aromatic heterocycles. The number of carbonyl (C=O) groups is 2. The van der Waals surface area contributed by atoms with Gasteiger partial charge in [-0.2, -0.15) is 0 Å². The summed E-state index contributed by atoms with van der Waals surface area (Å²) in [5, 5.41) is 2.75. The predicted octanol–water partition coefficient (Wildman–Crippen LogP) is 3.34. The lowest BCUT2D eigenvalue weighted by Crippen LogP contribution is -2.45. The van der Waals surface area contributed by atoms with Crippen LogP contribution in [0.25, 0.3) is 11.3 Å². The van der Waals surface area contributed by atoms with Crippen molar-refractivity contribution >= 4 is 11.9 Å². The topological polar surface area (TPSA) is 87.0 Å². The van der Waals surface area contributed by atoms with Crippen molar-refractivity contribution in [1.82, 2.24) is 5.32 Å². The highest BCUT2D eigenvalue weighted by Gasteiger charge is 2.27. The summed E-state index contributed by atoms with van der Waals surface area (Å²) in [5.41, 5.74) is 1.15. The van der Waals surface area contributed by atoms with Crippen LogP contribution in [-0.2, 0) is 9.53 Å². The third kappa shape index (κ3) is 4.13. The minimum Gasteiger partial charge on any atom is -0.486 e. The average Bonchev–Trinajstić information content (AvgIpc) is 3.07. The number of ether oxygens (including phenoxy) is 3. The van der Waals surface area contributed by atoms with E-state index in [0.717, 1.165) is 5.56 Å². The van der Waals surface area contributed by atoms with Gasteiger partial charge in [-0.05, 0) is 44.0 Å². The molecule has 1 atom stereocenters. The minimum atomic E-state index is -0.723. The maximum atomic E-state index is 12.7. The van der Waals surface area contributed by atoms with Crippen molar-refractivity contribution in [2.24, 2.45) is 5.92 Å². The number of furan rings is 1. The molecule has 0 saturated carbocycles. The summed E-state index contributed by atoms with van der Waals surface area (Å²) in [7, 11) is 0. The summed E-state index contributed by atoms with van der Waals surface area (Å²) in [6.45, 7) is 8.42. The average molecular weight is 387 g/mol. The number of esters is 1. The molecular formula is C21H25NO6. The summed E-state index contributed by atoms with van der Waals surface area (Å²) < 4.78 is 22.0. The first kappa shape index (κ1) is 19.8. The van der Waals surface area contributed by atoms with Gasteiger partial charge in [0.25, 0.3) is 5.91 Å². The van der Waals surface area contributed by atoms with Crippen molar-refractivity contribution in [2.75, 3.05) is 19.8 Å². The van der Waals surface area contributed by atoms with Crippen LogP contribution in [0, 0.1) is 12.8 Å². The molecule has 150 valence electrons. The van der Waals surface area contributed by atoms with E-state index >= 15 is 0 Å². The molecule has 28 heavy (non-hydrogen) atoms. The highest BCUT2D eigenvalue weighted by molar-refractivity contribution is 5.98. The summed E-state index contributed by atoms with van der Waals surface area (Å²) >= 11 is 0. The number of hydrogen-bond donors (Lipinski definition) is 1. The molecule has 2 heterocycles. The number of benzene rings is 1. The zero-order chi connectivity index (χ0) is 20.3. The highest BCUT2D eigenvalue weighted by Crippen LogP contribution is 2.35. The Morgan fingerprint density at radius 3 is 2.54 bits per heavy atom. The molecule has 1 aromatic carbocycles. The van der Waals surface area contributed by atoms with E-state index in [1.54, 1.807) is 19.9 Å². The van der Waals surface area contributed by atoms with Crippen LogP contribution in [0.2, 0.25) is 0 Å². The lowest BCUT2D eigenvalue weighted by atomic mass is 10.0. The van der Waals surface area contributed by atoms with E-state index in [4.69, 9.17) is 18.6 Å². The van der Waals surface area contributed by atoms with Crippen LogP contribution in [0.4, 0.5) is 0 Å². The maximum Gasteiger partial charge on any atom is 0.328 e. The fourth-order valence-corrected chi connectivity index (χ4v) is 3.00. The van der Waals surface area contributed by atoms with E-state index in [2.05, 4.69) is 5.32 Å². The third-order valence-electron chi connectivity index (χ3n) is 4.48. The van der Waals surface area contributed by atoms with Crippen molar-refractivity contribution in [3.63, 3.8) is 0 Å². The van der Waals surface area contributed by atoms with Crippen LogP contribution < -0.4 is 14.8 Å². The molecule has 1 aliphatic heterocycles. The molecule has 0 saturated heterocycles. The van der Waals surface area contributed by atoms with Crippen LogP contribution >= 0.6 is 0 Å². The number of amides is 1. The van der Waals surface area contributed by atoms with E-state index in [9.17, 15) is 9.59 Å². The monoisotopic (exact) mass is 387 g/mol. The Balaban J connectivity index is 1.81. The summed E-state index contributed by atoms with van der Waals surface area (Å²) in [5.74, 6) is 1.41. The fraction of sp³-hybridized carbons (Fsp3) is 0.429. The van der Waals surface area contributed by atoms with Gasteiger partial charge < -0.3 is 23.9 Å². The molecule has 0 aliphatic carbocycles. The number of aryl methyl sites for hydroxylation is 1. The zero-order valence-electron chi connectivity index (χ0n) is 16.5. The van der Waals surface area contributed by atoms with Crippen molar-refractivity contribution in [1.29, 1.82) is 0 Å². The summed E-state index contributed by atoms with van der Waals surface area (Å²) in [6.07, 6.45) is 0. The van der Waals surface area contributed by atoms with Gasteiger partial charge in [-0.15, -0.1) is 0 Å². The van der Waals surface area contributed by atoms with Crippen LogP contribution in [0.5, 0.6) is 11.5 Å². The molecule has 7 heteroatoms. The lowest BCUT2D eigenvalue weighted by Gasteiger charge is -2.20. The quantitative estimate of drug-likeness (QED) is 0.765. The van der Waals surface area contributed by atoms with Crippen LogP contribution in [-0.4, -0.2) is 37.7 Å². The molecule has 0 spiro atoms. The van der Waals surface area contributed by atoms with Gasteiger partial charge in [-0.1, -0.05) is 13.8 Å². The molecule has 3 rings (SSSR count). The van der Waals surface area contributed by atoms with Crippen molar-refractivity contribution in [2.45, 2.75) is 33.7 Å². The number of fused-ring (bicyclic) bond motifs is 1. The molecule has 1 amide bonds. The molecular weight excluding hydrogens is 362 g/mol. The highest BCUT2D eigenvalue weighted by atomic mass is 16.6. The zero-order valence-corrected chi connectivity index (χ0v) is 16.5. The minimum absolute atomic E-state index is 0.104. The first-order valence-electron chi connectivity index (χ1n) is 9.38.